The van der Waals surface area contributed by atoms with E-state index in [1.807, 2.05) is 0 Å². The lowest BCUT2D eigenvalue weighted by atomic mass is 10.2. The Hall–Kier alpha value is -2.62. The number of carbonyl (C=O) groups excluding carboxylic acids is 2. The lowest BCUT2D eigenvalue weighted by Crippen LogP contribution is -2.08. The summed E-state index contributed by atoms with van der Waals surface area (Å²) in [5, 5.41) is 0. The van der Waals surface area contributed by atoms with Crippen LogP contribution < -0.4 is 9.47 Å². The van der Waals surface area contributed by atoms with Crippen molar-refractivity contribution in [2.24, 2.45) is 0 Å². The Bertz CT molecular complexity index is 615. The number of hydrogen-bond acceptors (Lipinski definition) is 4. The molecule has 0 aliphatic heterocycles. The first-order valence-corrected chi connectivity index (χ1v) is 7.23. The number of ether oxygens (including phenoxy) is 2. The molecule has 0 amide bonds. The molecule has 114 valence electrons. The van der Waals surface area contributed by atoms with Gasteiger partial charge in [-0.2, -0.15) is 0 Å². The molecule has 0 N–H and O–H groups in total. The van der Waals surface area contributed by atoms with Gasteiger partial charge in [-0.05, 0) is 55.0 Å². The fourth-order valence-electron chi connectivity index (χ4n) is 1.80. The maximum atomic E-state index is 12.0. The van der Waals surface area contributed by atoms with Gasteiger partial charge in [0.15, 0.2) is 0 Å². The predicted octanol–water partition coefficient (Wildman–Crippen LogP) is 3.90. The van der Waals surface area contributed by atoms with Crippen LogP contribution in [0.4, 0.5) is 0 Å². The van der Waals surface area contributed by atoms with E-state index in [1.54, 1.807) is 48.5 Å². The molecular weight excluding hydrogens is 280 g/mol. The van der Waals surface area contributed by atoms with Crippen molar-refractivity contribution >= 4 is 12.3 Å². The minimum atomic E-state index is -0.445. The molecule has 0 fully saturated rings. The number of esters is 1. The molecule has 0 bridgehead atoms. The van der Waals surface area contributed by atoms with E-state index in [9.17, 15) is 9.59 Å². The molecule has 0 radical (unpaired) electrons. The number of rotatable bonds is 7. The number of benzene rings is 2. The maximum Gasteiger partial charge on any atom is 0.343 e. The van der Waals surface area contributed by atoms with E-state index in [0.29, 0.717) is 23.5 Å². The van der Waals surface area contributed by atoms with E-state index in [4.69, 9.17) is 9.47 Å². The summed E-state index contributed by atoms with van der Waals surface area (Å²) in [5.74, 6) is 0.693. The summed E-state index contributed by atoms with van der Waals surface area (Å²) in [6.07, 6.45) is 2.82. The zero-order valence-electron chi connectivity index (χ0n) is 12.5. The standard InChI is InChI=1S/C18H18O4/c1-2-3-12-21-16-10-6-15(7-11-16)18(20)22-17-8-4-14(13-19)5-9-17/h4-11,13H,2-3,12H2,1H3. The Morgan fingerprint density at radius 2 is 1.64 bits per heavy atom. The fourth-order valence-corrected chi connectivity index (χ4v) is 1.80. The quantitative estimate of drug-likeness (QED) is 0.337. The van der Waals surface area contributed by atoms with Gasteiger partial charge in [0.1, 0.15) is 17.8 Å². The van der Waals surface area contributed by atoms with E-state index in [-0.39, 0.29) is 0 Å². The van der Waals surface area contributed by atoms with Crippen LogP contribution in [0, 0.1) is 0 Å². The minimum absolute atomic E-state index is 0.402. The highest BCUT2D eigenvalue weighted by atomic mass is 16.5. The van der Waals surface area contributed by atoms with Crippen molar-refractivity contribution in [3.63, 3.8) is 0 Å². The van der Waals surface area contributed by atoms with E-state index in [0.717, 1.165) is 24.9 Å². The van der Waals surface area contributed by atoms with Crippen LogP contribution in [-0.4, -0.2) is 18.9 Å². The van der Waals surface area contributed by atoms with Crippen molar-refractivity contribution < 1.29 is 19.1 Å². The van der Waals surface area contributed by atoms with Gasteiger partial charge in [0, 0.05) is 5.56 Å². The van der Waals surface area contributed by atoms with Crippen LogP contribution in [0.2, 0.25) is 0 Å². The van der Waals surface area contributed by atoms with Gasteiger partial charge < -0.3 is 9.47 Å². The molecule has 2 aromatic carbocycles. The Morgan fingerprint density at radius 3 is 2.23 bits per heavy atom. The normalized spacial score (nSPS) is 10.0. The largest absolute Gasteiger partial charge is 0.494 e. The summed E-state index contributed by atoms with van der Waals surface area (Å²) in [6, 6.07) is 13.2. The predicted molar refractivity (Wildman–Crippen MR) is 83.6 cm³/mol. The highest BCUT2D eigenvalue weighted by molar-refractivity contribution is 5.91. The van der Waals surface area contributed by atoms with Crippen LogP contribution in [-0.2, 0) is 0 Å². The van der Waals surface area contributed by atoms with E-state index in [2.05, 4.69) is 6.92 Å². The fraction of sp³-hybridized carbons (Fsp3) is 0.222. The molecule has 0 unspecified atom stereocenters. The molecule has 4 nitrogen and oxygen atoms in total. The summed E-state index contributed by atoms with van der Waals surface area (Å²) in [4.78, 5) is 22.6. The Labute approximate surface area is 129 Å². The molecule has 2 aromatic rings. The van der Waals surface area contributed by atoms with E-state index >= 15 is 0 Å². The lowest BCUT2D eigenvalue weighted by molar-refractivity contribution is 0.0734. The van der Waals surface area contributed by atoms with Crippen LogP contribution in [0.1, 0.15) is 40.5 Å². The SMILES string of the molecule is CCCCOc1ccc(C(=O)Oc2ccc(C=O)cc2)cc1. The summed E-state index contributed by atoms with van der Waals surface area (Å²) >= 11 is 0. The molecule has 4 heteroatoms. The van der Waals surface area contributed by atoms with Crippen molar-refractivity contribution in [2.45, 2.75) is 19.8 Å². The zero-order valence-corrected chi connectivity index (χ0v) is 12.5. The summed E-state index contributed by atoms with van der Waals surface area (Å²) in [5.41, 5.74) is 0.982. The van der Waals surface area contributed by atoms with Crippen molar-refractivity contribution in [3.8, 4) is 11.5 Å². The molecule has 0 atom stereocenters. The number of carbonyl (C=O) groups is 2. The molecular formula is C18H18O4. The molecule has 0 spiro atoms. The number of hydrogen-bond donors (Lipinski definition) is 0. The third-order valence-corrected chi connectivity index (χ3v) is 3.08. The first-order chi connectivity index (χ1) is 10.7. The van der Waals surface area contributed by atoms with Gasteiger partial charge in [-0.3, -0.25) is 4.79 Å². The second-order valence-corrected chi connectivity index (χ2v) is 4.80. The molecule has 0 saturated carbocycles. The van der Waals surface area contributed by atoms with Gasteiger partial charge in [-0.25, -0.2) is 4.79 Å². The lowest BCUT2D eigenvalue weighted by Gasteiger charge is -2.07. The van der Waals surface area contributed by atoms with Gasteiger partial charge >= 0.3 is 5.97 Å². The topological polar surface area (TPSA) is 52.6 Å². The zero-order chi connectivity index (χ0) is 15.8. The number of unbranched alkanes of at least 4 members (excludes halogenated alkanes) is 1. The highest BCUT2D eigenvalue weighted by Gasteiger charge is 2.08. The van der Waals surface area contributed by atoms with Crippen molar-refractivity contribution in [1.82, 2.24) is 0 Å². The Kier molecular flexibility index (Phi) is 5.72. The van der Waals surface area contributed by atoms with Crippen LogP contribution >= 0.6 is 0 Å². The van der Waals surface area contributed by atoms with Gasteiger partial charge in [0.05, 0.1) is 12.2 Å². The third-order valence-electron chi connectivity index (χ3n) is 3.08. The molecule has 0 aliphatic carbocycles. The first kappa shape index (κ1) is 15.8. The molecule has 0 aliphatic rings. The van der Waals surface area contributed by atoms with Crippen molar-refractivity contribution in [1.29, 1.82) is 0 Å². The number of aldehydes is 1. The third kappa shape index (κ3) is 4.45. The average molecular weight is 298 g/mol. The van der Waals surface area contributed by atoms with Gasteiger partial charge in [-0.1, -0.05) is 13.3 Å². The smallest absolute Gasteiger partial charge is 0.343 e. The molecule has 22 heavy (non-hydrogen) atoms. The van der Waals surface area contributed by atoms with Crippen molar-refractivity contribution in [3.05, 3.63) is 59.7 Å². The molecule has 0 saturated heterocycles. The molecule has 0 heterocycles. The minimum Gasteiger partial charge on any atom is -0.494 e. The van der Waals surface area contributed by atoms with Crippen LogP contribution in [0.25, 0.3) is 0 Å². The van der Waals surface area contributed by atoms with E-state index in [1.165, 1.54) is 0 Å². The van der Waals surface area contributed by atoms with Gasteiger partial charge in [0.2, 0.25) is 0 Å². The highest BCUT2D eigenvalue weighted by Crippen LogP contribution is 2.16. The average Bonchev–Trinajstić information content (AvgIpc) is 2.56. The van der Waals surface area contributed by atoms with Crippen LogP contribution in [0.5, 0.6) is 11.5 Å². The second kappa shape index (κ2) is 7.98. The molecule has 0 aromatic heterocycles. The summed E-state index contributed by atoms with van der Waals surface area (Å²) in [7, 11) is 0. The second-order valence-electron chi connectivity index (χ2n) is 4.80. The summed E-state index contributed by atoms with van der Waals surface area (Å²) in [6.45, 7) is 2.77. The first-order valence-electron chi connectivity index (χ1n) is 7.23. The van der Waals surface area contributed by atoms with Gasteiger partial charge in [-0.15, -0.1) is 0 Å². The Morgan fingerprint density at radius 1 is 1.00 bits per heavy atom. The van der Waals surface area contributed by atoms with Gasteiger partial charge in [0.25, 0.3) is 0 Å². The van der Waals surface area contributed by atoms with E-state index < -0.39 is 5.97 Å². The maximum absolute atomic E-state index is 12.0. The van der Waals surface area contributed by atoms with Crippen LogP contribution in [0.15, 0.2) is 48.5 Å². The molecule has 2 rings (SSSR count). The van der Waals surface area contributed by atoms with Crippen LogP contribution in [0.3, 0.4) is 0 Å². The monoisotopic (exact) mass is 298 g/mol. The summed E-state index contributed by atoms with van der Waals surface area (Å²) < 4.78 is 10.8. The Balaban J connectivity index is 1.95. The van der Waals surface area contributed by atoms with Crippen molar-refractivity contribution in [2.75, 3.05) is 6.61 Å².